The highest BCUT2D eigenvalue weighted by molar-refractivity contribution is 9.10. The minimum absolute atomic E-state index is 0.275. The number of halogens is 2. The lowest BCUT2D eigenvalue weighted by Gasteiger charge is -2.32. The fourth-order valence-corrected chi connectivity index (χ4v) is 4.54. The number of rotatable bonds is 5. The van der Waals surface area contributed by atoms with E-state index in [9.17, 15) is 9.18 Å². The zero-order chi connectivity index (χ0) is 20.3. The van der Waals surface area contributed by atoms with Gasteiger partial charge in [-0.3, -0.25) is 9.98 Å². The van der Waals surface area contributed by atoms with Crippen LogP contribution >= 0.6 is 27.7 Å². The summed E-state index contributed by atoms with van der Waals surface area (Å²) in [6, 6.07) is 3.80. The first-order valence-corrected chi connectivity index (χ1v) is 10.6. The van der Waals surface area contributed by atoms with Crippen LogP contribution in [0.25, 0.3) is 0 Å². The second kappa shape index (κ2) is 9.05. The smallest absolute Gasteiger partial charge is 0.338 e. The molecule has 2 aliphatic heterocycles. The van der Waals surface area contributed by atoms with Crippen LogP contribution in [0.3, 0.4) is 0 Å². The maximum Gasteiger partial charge on any atom is 0.338 e. The molecule has 5 nitrogen and oxygen atoms in total. The Bertz CT molecular complexity index is 897. The minimum atomic E-state index is -0.601. The van der Waals surface area contributed by atoms with Gasteiger partial charge in [-0.1, -0.05) is 40.3 Å². The molecule has 148 valence electrons. The van der Waals surface area contributed by atoms with Crippen molar-refractivity contribution in [1.82, 2.24) is 4.90 Å². The maximum absolute atomic E-state index is 13.7. The summed E-state index contributed by atoms with van der Waals surface area (Å²) in [5, 5.41) is 2.43. The molecule has 0 aromatic heterocycles. The summed E-state index contributed by atoms with van der Waals surface area (Å²) in [5.74, 6) is -0.0459. The first-order valence-electron chi connectivity index (χ1n) is 8.97. The molecule has 1 aromatic carbocycles. The molecule has 1 saturated heterocycles. The van der Waals surface area contributed by atoms with E-state index >= 15 is 0 Å². The van der Waals surface area contributed by atoms with Gasteiger partial charge in [0, 0.05) is 23.8 Å². The van der Waals surface area contributed by atoms with Gasteiger partial charge in [-0.2, -0.15) is 0 Å². The summed E-state index contributed by atoms with van der Waals surface area (Å²) in [4.78, 5) is 24.1. The van der Waals surface area contributed by atoms with Gasteiger partial charge in [0.1, 0.15) is 16.9 Å². The number of amidine groups is 1. The molecule has 0 radical (unpaired) electrons. The van der Waals surface area contributed by atoms with Crippen molar-refractivity contribution in [2.75, 3.05) is 20.2 Å². The van der Waals surface area contributed by atoms with Crippen molar-refractivity contribution in [2.45, 2.75) is 25.8 Å². The Morgan fingerprint density at radius 2 is 2.36 bits per heavy atom. The molecule has 1 unspecified atom stereocenters. The largest absolute Gasteiger partial charge is 0.463 e. The van der Waals surface area contributed by atoms with Crippen LogP contribution in [-0.2, 0) is 9.53 Å². The van der Waals surface area contributed by atoms with Crippen LogP contribution in [0.5, 0.6) is 0 Å². The number of carbonyl (C=O) groups excluding carboxylic acids is 1. The Kier molecular flexibility index (Phi) is 6.72. The van der Waals surface area contributed by atoms with Crippen molar-refractivity contribution in [2.24, 2.45) is 9.98 Å². The number of fused-ring (bicyclic) bond motifs is 1. The second-order valence-electron chi connectivity index (χ2n) is 6.17. The van der Waals surface area contributed by atoms with Gasteiger partial charge in [0.25, 0.3) is 0 Å². The van der Waals surface area contributed by atoms with E-state index in [1.165, 1.54) is 23.9 Å². The zero-order valence-corrected chi connectivity index (χ0v) is 18.1. The highest BCUT2D eigenvalue weighted by Crippen LogP contribution is 2.42. The SMILES string of the molecule is C=CSC(=NC)C1=NC(c2ccc(F)cc2Br)C(C(=O)OCC)=C2CCCN12. The summed E-state index contributed by atoms with van der Waals surface area (Å²) in [6.07, 6.45) is 1.66. The van der Waals surface area contributed by atoms with E-state index in [-0.39, 0.29) is 18.4 Å². The van der Waals surface area contributed by atoms with Crippen molar-refractivity contribution in [3.05, 3.63) is 57.3 Å². The third-order valence-electron chi connectivity index (χ3n) is 4.55. The Morgan fingerprint density at radius 3 is 3.00 bits per heavy atom. The summed E-state index contributed by atoms with van der Waals surface area (Å²) in [5.41, 5.74) is 2.12. The lowest BCUT2D eigenvalue weighted by atomic mass is 9.95. The van der Waals surface area contributed by atoms with Crippen LogP contribution in [0.2, 0.25) is 0 Å². The van der Waals surface area contributed by atoms with Crippen LogP contribution < -0.4 is 0 Å². The molecule has 8 heteroatoms. The Morgan fingerprint density at radius 1 is 1.57 bits per heavy atom. The average Bonchev–Trinajstić information content (AvgIpc) is 3.15. The number of hydrogen-bond acceptors (Lipinski definition) is 6. The van der Waals surface area contributed by atoms with E-state index in [4.69, 9.17) is 9.73 Å². The molecule has 28 heavy (non-hydrogen) atoms. The number of allylic oxidation sites excluding steroid dienone is 1. The fraction of sp³-hybridized carbons (Fsp3) is 0.350. The van der Waals surface area contributed by atoms with E-state index < -0.39 is 6.04 Å². The molecule has 0 aliphatic carbocycles. The van der Waals surface area contributed by atoms with E-state index in [0.29, 0.717) is 21.4 Å². The molecule has 0 amide bonds. The molecule has 0 spiro atoms. The van der Waals surface area contributed by atoms with Gasteiger partial charge >= 0.3 is 5.97 Å². The summed E-state index contributed by atoms with van der Waals surface area (Å²) in [7, 11) is 1.71. The Balaban J connectivity index is 2.20. The Hall–Kier alpha value is -1.93. The van der Waals surface area contributed by atoms with Crippen LogP contribution in [0.15, 0.2) is 55.9 Å². The summed E-state index contributed by atoms with van der Waals surface area (Å²) < 4.78 is 19.6. The van der Waals surface area contributed by atoms with Crippen LogP contribution in [0.1, 0.15) is 31.4 Å². The quantitative estimate of drug-likeness (QED) is 0.354. The van der Waals surface area contributed by atoms with E-state index in [1.54, 1.807) is 25.4 Å². The van der Waals surface area contributed by atoms with Crippen molar-refractivity contribution in [3.63, 3.8) is 0 Å². The third kappa shape index (κ3) is 3.93. The zero-order valence-electron chi connectivity index (χ0n) is 15.7. The van der Waals surface area contributed by atoms with Crippen molar-refractivity contribution in [1.29, 1.82) is 0 Å². The van der Waals surface area contributed by atoms with E-state index in [0.717, 1.165) is 30.1 Å². The van der Waals surface area contributed by atoms with Crippen molar-refractivity contribution >= 4 is 44.5 Å². The standard InChI is InChI=1S/C20H21BrFN3O2S/c1-4-27-20(26)16-15-7-6-10-25(15)18(19(23-3)28-5-2)24-17(16)13-9-8-12(22)11-14(13)21/h5,8-9,11,17H,2,4,6-7,10H2,1,3H3. The molecule has 3 rings (SSSR count). The number of carbonyl (C=O) groups is 1. The van der Waals surface area contributed by atoms with Gasteiger partial charge in [-0.15, -0.1) is 0 Å². The molecule has 0 bridgehead atoms. The second-order valence-corrected chi connectivity index (χ2v) is 7.98. The number of benzene rings is 1. The molecule has 2 heterocycles. The van der Waals surface area contributed by atoms with E-state index in [2.05, 4.69) is 27.5 Å². The predicted octanol–water partition coefficient (Wildman–Crippen LogP) is 4.86. The van der Waals surface area contributed by atoms with E-state index in [1.807, 2.05) is 4.90 Å². The van der Waals surface area contributed by atoms with Crippen molar-refractivity contribution < 1.29 is 13.9 Å². The first-order chi connectivity index (χ1) is 13.5. The monoisotopic (exact) mass is 465 g/mol. The topological polar surface area (TPSA) is 54.3 Å². The summed E-state index contributed by atoms with van der Waals surface area (Å²) >= 11 is 4.81. The molecule has 1 fully saturated rings. The average molecular weight is 466 g/mol. The molecule has 2 aliphatic rings. The molecule has 0 N–H and O–H groups in total. The third-order valence-corrected chi connectivity index (χ3v) is 6.00. The molecular formula is C20H21BrFN3O2S. The van der Waals surface area contributed by atoms with Gasteiger partial charge < -0.3 is 9.64 Å². The fourth-order valence-electron chi connectivity index (χ4n) is 3.44. The lowest BCUT2D eigenvalue weighted by Crippen LogP contribution is -2.38. The van der Waals surface area contributed by atoms with Crippen LogP contribution in [-0.4, -0.2) is 41.9 Å². The number of ether oxygens (including phenoxy) is 1. The predicted molar refractivity (Wildman–Crippen MR) is 115 cm³/mol. The molecule has 1 aromatic rings. The molecular weight excluding hydrogens is 445 g/mol. The normalized spacial score (nSPS) is 19.4. The van der Waals surface area contributed by atoms with Crippen LogP contribution in [0, 0.1) is 5.82 Å². The Labute approximate surface area is 176 Å². The van der Waals surface area contributed by atoms with Gasteiger partial charge in [0.05, 0.1) is 12.2 Å². The minimum Gasteiger partial charge on any atom is -0.463 e. The highest BCUT2D eigenvalue weighted by Gasteiger charge is 2.39. The number of esters is 1. The van der Waals surface area contributed by atoms with Crippen LogP contribution in [0.4, 0.5) is 4.39 Å². The van der Waals surface area contributed by atoms with Gasteiger partial charge in [0.15, 0.2) is 5.84 Å². The lowest BCUT2D eigenvalue weighted by molar-refractivity contribution is -0.139. The van der Waals surface area contributed by atoms with Gasteiger partial charge in [-0.25, -0.2) is 9.18 Å². The number of hydrogen-bond donors (Lipinski definition) is 0. The number of nitrogens with zero attached hydrogens (tertiary/aromatic N) is 3. The number of aliphatic imine (C=N–C) groups is 2. The van der Waals surface area contributed by atoms with Gasteiger partial charge in [0.2, 0.25) is 0 Å². The van der Waals surface area contributed by atoms with Gasteiger partial charge in [-0.05, 0) is 42.9 Å². The number of thioether (sulfide) groups is 1. The molecule has 0 saturated carbocycles. The van der Waals surface area contributed by atoms with Crippen molar-refractivity contribution in [3.8, 4) is 0 Å². The highest BCUT2D eigenvalue weighted by atomic mass is 79.9. The first kappa shape index (κ1) is 20.8. The molecule has 1 atom stereocenters. The summed E-state index contributed by atoms with van der Waals surface area (Å²) in [6.45, 7) is 6.58. The maximum atomic E-state index is 13.7.